The Balaban J connectivity index is 2.12. The van der Waals surface area contributed by atoms with Gasteiger partial charge in [-0.05, 0) is 12.1 Å². The third kappa shape index (κ3) is 2.90. The third-order valence-electron chi connectivity index (χ3n) is 3.41. The summed E-state index contributed by atoms with van der Waals surface area (Å²) in [6.45, 7) is -0.105. The number of hydrogen-bond donors (Lipinski definition) is 1. The molecule has 126 valence electrons. The minimum atomic E-state index is -4.48. The number of alkyl halides is 3. The first-order valence-corrected chi connectivity index (χ1v) is 6.99. The first kappa shape index (κ1) is 16.2. The highest BCUT2D eigenvalue weighted by atomic mass is 19.4. The van der Waals surface area contributed by atoms with Crippen LogP contribution in [0.4, 0.5) is 13.2 Å². The summed E-state index contributed by atoms with van der Waals surface area (Å²) in [6.07, 6.45) is -0.720. The minimum Gasteiger partial charge on any atom is -0.489 e. The third-order valence-corrected chi connectivity index (χ3v) is 3.41. The molecule has 0 radical (unpaired) electrons. The zero-order valence-electron chi connectivity index (χ0n) is 12.6. The van der Waals surface area contributed by atoms with Crippen LogP contribution in [0.3, 0.4) is 0 Å². The van der Waals surface area contributed by atoms with Crippen LogP contribution < -0.4 is 4.74 Å². The molecule has 0 aliphatic heterocycles. The fraction of sp³-hybridized carbons (Fsp3) is 0.267. The molecule has 0 bridgehead atoms. The van der Waals surface area contributed by atoms with Crippen molar-refractivity contribution >= 4 is 11.2 Å². The number of aromatic nitrogens is 4. The Morgan fingerprint density at radius 1 is 1.29 bits per heavy atom. The van der Waals surface area contributed by atoms with Crippen molar-refractivity contribution in [1.82, 2.24) is 19.5 Å². The molecule has 0 atom stereocenters. The number of ether oxygens (including phenoxy) is 1. The average molecular weight is 338 g/mol. The maximum atomic E-state index is 12.8. The van der Waals surface area contributed by atoms with Gasteiger partial charge in [-0.3, -0.25) is 4.98 Å². The van der Waals surface area contributed by atoms with Gasteiger partial charge in [0.25, 0.3) is 0 Å². The molecule has 9 heteroatoms. The van der Waals surface area contributed by atoms with Crippen LogP contribution in [-0.2, 0) is 13.2 Å². The summed E-state index contributed by atoms with van der Waals surface area (Å²) in [5.74, 6) is 0.771. The largest absolute Gasteiger partial charge is 0.489 e. The molecule has 0 aromatic carbocycles. The van der Waals surface area contributed by atoms with Crippen LogP contribution >= 0.6 is 0 Å². The number of halogens is 3. The van der Waals surface area contributed by atoms with Gasteiger partial charge in [0.2, 0.25) is 0 Å². The topological polar surface area (TPSA) is 73.1 Å². The average Bonchev–Trinajstić information content (AvgIpc) is 2.89. The van der Waals surface area contributed by atoms with Gasteiger partial charge in [0.15, 0.2) is 5.65 Å². The Kier molecular flexibility index (Phi) is 4.10. The van der Waals surface area contributed by atoms with E-state index in [4.69, 9.17) is 9.84 Å². The molecule has 0 spiro atoms. The number of rotatable bonds is 4. The molecule has 3 rings (SSSR count). The number of nitrogens with zero attached hydrogens (tertiary/aromatic N) is 4. The van der Waals surface area contributed by atoms with Crippen LogP contribution in [-0.4, -0.2) is 37.8 Å². The Morgan fingerprint density at radius 3 is 2.79 bits per heavy atom. The fourth-order valence-corrected chi connectivity index (χ4v) is 2.31. The lowest BCUT2D eigenvalue weighted by molar-refractivity contribution is -0.137. The van der Waals surface area contributed by atoms with Gasteiger partial charge in [0, 0.05) is 19.4 Å². The molecule has 0 saturated carbocycles. The smallest absolute Gasteiger partial charge is 0.417 e. The summed E-state index contributed by atoms with van der Waals surface area (Å²) in [5, 5.41) is 8.88. The van der Waals surface area contributed by atoms with Gasteiger partial charge in [0.1, 0.15) is 23.7 Å². The highest BCUT2D eigenvalue weighted by Gasteiger charge is 2.31. The Hall–Kier alpha value is -2.68. The maximum Gasteiger partial charge on any atom is 0.417 e. The van der Waals surface area contributed by atoms with Crippen molar-refractivity contribution < 1.29 is 23.0 Å². The zero-order chi connectivity index (χ0) is 17.3. The SMILES string of the molecule is Cn1c(-c2ccncc2OCCO)nc2cc(C(F)(F)F)cnc21. The van der Waals surface area contributed by atoms with Crippen molar-refractivity contribution in [3.05, 3.63) is 36.3 Å². The number of pyridine rings is 2. The van der Waals surface area contributed by atoms with Crippen LogP contribution in [0.25, 0.3) is 22.6 Å². The first-order valence-electron chi connectivity index (χ1n) is 6.99. The molecule has 0 aliphatic carbocycles. The van der Waals surface area contributed by atoms with Gasteiger partial charge in [-0.25, -0.2) is 9.97 Å². The lowest BCUT2D eigenvalue weighted by Gasteiger charge is -2.09. The van der Waals surface area contributed by atoms with E-state index in [2.05, 4.69) is 15.0 Å². The molecule has 3 aromatic heterocycles. The van der Waals surface area contributed by atoms with E-state index in [1.54, 1.807) is 17.7 Å². The minimum absolute atomic E-state index is 0.0686. The quantitative estimate of drug-likeness (QED) is 0.791. The molecule has 3 heterocycles. The Labute approximate surface area is 134 Å². The number of aliphatic hydroxyl groups excluding tert-OH is 1. The predicted octanol–water partition coefficient (Wildman–Crippen LogP) is 2.42. The lowest BCUT2D eigenvalue weighted by Crippen LogP contribution is -2.05. The normalized spacial score (nSPS) is 11.9. The van der Waals surface area contributed by atoms with Gasteiger partial charge < -0.3 is 14.4 Å². The molecule has 0 fully saturated rings. The standard InChI is InChI=1S/C15H13F3N4O2/c1-22-13(10-2-3-19-8-12(10)24-5-4-23)21-11-6-9(15(16,17)18)7-20-14(11)22/h2-3,6-8,23H,4-5H2,1H3. The highest BCUT2D eigenvalue weighted by Crippen LogP contribution is 2.33. The second-order valence-electron chi connectivity index (χ2n) is 5.00. The van der Waals surface area contributed by atoms with Crippen LogP contribution in [0.5, 0.6) is 5.75 Å². The maximum absolute atomic E-state index is 12.8. The number of hydrogen-bond acceptors (Lipinski definition) is 5. The van der Waals surface area contributed by atoms with Crippen LogP contribution in [0.1, 0.15) is 5.56 Å². The van der Waals surface area contributed by atoms with Crippen molar-refractivity contribution in [2.75, 3.05) is 13.2 Å². The summed E-state index contributed by atoms with van der Waals surface area (Å²) in [7, 11) is 1.65. The Bertz CT molecular complexity index is 877. The van der Waals surface area contributed by atoms with E-state index in [1.165, 1.54) is 12.4 Å². The Morgan fingerprint density at radius 2 is 2.08 bits per heavy atom. The van der Waals surface area contributed by atoms with Gasteiger partial charge in [0.05, 0.1) is 23.9 Å². The number of aliphatic hydroxyl groups is 1. The van der Waals surface area contributed by atoms with Crippen molar-refractivity contribution in [3.8, 4) is 17.1 Å². The van der Waals surface area contributed by atoms with E-state index >= 15 is 0 Å². The molecule has 0 unspecified atom stereocenters. The zero-order valence-corrected chi connectivity index (χ0v) is 12.6. The van der Waals surface area contributed by atoms with Crippen molar-refractivity contribution in [2.45, 2.75) is 6.18 Å². The monoisotopic (exact) mass is 338 g/mol. The van der Waals surface area contributed by atoms with Gasteiger partial charge in [-0.15, -0.1) is 0 Å². The van der Waals surface area contributed by atoms with Crippen molar-refractivity contribution in [3.63, 3.8) is 0 Å². The van der Waals surface area contributed by atoms with E-state index in [1.807, 2.05) is 0 Å². The van der Waals surface area contributed by atoms with Gasteiger partial charge in [-0.1, -0.05) is 0 Å². The number of fused-ring (bicyclic) bond motifs is 1. The lowest BCUT2D eigenvalue weighted by atomic mass is 10.2. The van der Waals surface area contributed by atoms with Gasteiger partial charge in [-0.2, -0.15) is 13.2 Å². The van der Waals surface area contributed by atoms with E-state index in [-0.39, 0.29) is 18.7 Å². The van der Waals surface area contributed by atoms with Crippen molar-refractivity contribution in [1.29, 1.82) is 0 Å². The van der Waals surface area contributed by atoms with Gasteiger partial charge >= 0.3 is 6.18 Å². The summed E-state index contributed by atoms with van der Waals surface area (Å²) in [4.78, 5) is 12.1. The van der Waals surface area contributed by atoms with Crippen LogP contribution in [0, 0.1) is 0 Å². The second-order valence-corrected chi connectivity index (χ2v) is 5.00. The summed E-state index contributed by atoms with van der Waals surface area (Å²) < 4.78 is 45.5. The van der Waals surface area contributed by atoms with Crippen LogP contribution in [0.2, 0.25) is 0 Å². The molecule has 0 amide bonds. The fourth-order valence-electron chi connectivity index (χ4n) is 2.31. The number of imidazole rings is 1. The summed E-state index contributed by atoms with van der Waals surface area (Å²) >= 11 is 0. The predicted molar refractivity (Wildman–Crippen MR) is 79.3 cm³/mol. The van der Waals surface area contributed by atoms with Crippen LogP contribution in [0.15, 0.2) is 30.7 Å². The molecular formula is C15H13F3N4O2. The van der Waals surface area contributed by atoms with Crippen molar-refractivity contribution in [2.24, 2.45) is 7.05 Å². The van der Waals surface area contributed by atoms with E-state index in [0.717, 1.165) is 12.3 Å². The second kappa shape index (κ2) is 6.08. The molecule has 3 aromatic rings. The molecule has 1 N–H and O–H groups in total. The molecule has 6 nitrogen and oxygen atoms in total. The van der Waals surface area contributed by atoms with E-state index in [9.17, 15) is 13.2 Å². The van der Waals surface area contributed by atoms with E-state index < -0.39 is 11.7 Å². The molecule has 24 heavy (non-hydrogen) atoms. The highest BCUT2D eigenvalue weighted by molar-refractivity contribution is 5.79. The summed E-state index contributed by atoms with van der Waals surface area (Å²) in [5.41, 5.74) is 0.147. The first-order chi connectivity index (χ1) is 11.4. The molecule has 0 saturated heterocycles. The number of aryl methyl sites for hydroxylation is 1. The van der Waals surface area contributed by atoms with E-state index in [0.29, 0.717) is 22.8 Å². The molecular weight excluding hydrogens is 325 g/mol. The summed E-state index contributed by atoms with van der Waals surface area (Å²) in [6, 6.07) is 2.60. The molecule has 0 aliphatic rings.